The molecule has 19 heteroatoms. The third-order valence-electron chi connectivity index (χ3n) is 17.6. The van der Waals surface area contributed by atoms with Gasteiger partial charge < -0.3 is 33.8 Å². The SMILES string of the molecule is CC/C=C\C/C=C\C/C=C\C/C=C\C/C=C\CCCC(=O)OCC(COP(=O)(O)OCC(O)COP(=O)(O)OCC(COC(=O)CCCCCCCC/C=C\C/C=C\C/C=C\CCCCC)OC(=O)CCCCCCCC/C=C\C/C=C\C/C=C\CCCCC)OC(=O)CCCCCCCCCCCCCCC. The monoisotopic (exact) mass is 1560 g/mol. The lowest BCUT2D eigenvalue weighted by Gasteiger charge is -2.21. The largest absolute Gasteiger partial charge is 0.472 e. The van der Waals surface area contributed by atoms with Crippen LogP contribution in [0.5, 0.6) is 0 Å². The molecule has 108 heavy (non-hydrogen) atoms. The minimum Gasteiger partial charge on any atom is -0.462 e. The first-order valence-corrected chi connectivity index (χ1v) is 45.4. The fourth-order valence-corrected chi connectivity index (χ4v) is 12.7. The second kappa shape index (κ2) is 80.3. The van der Waals surface area contributed by atoms with E-state index in [4.69, 9.17) is 37.0 Å². The van der Waals surface area contributed by atoms with Crippen molar-refractivity contribution in [3.8, 4) is 0 Å². The van der Waals surface area contributed by atoms with E-state index >= 15 is 0 Å². The summed E-state index contributed by atoms with van der Waals surface area (Å²) in [7, 11) is -9.99. The normalized spacial score (nSPS) is 14.5. The van der Waals surface area contributed by atoms with Gasteiger partial charge in [0.25, 0.3) is 0 Å². The summed E-state index contributed by atoms with van der Waals surface area (Å²) in [4.78, 5) is 73.2. The Morgan fingerprint density at radius 1 is 0.269 bits per heavy atom. The molecule has 620 valence electrons. The number of aliphatic hydroxyl groups is 1. The van der Waals surface area contributed by atoms with Crippen LogP contribution in [0.2, 0.25) is 0 Å². The van der Waals surface area contributed by atoms with E-state index < -0.39 is 97.5 Å². The van der Waals surface area contributed by atoms with Crippen molar-refractivity contribution in [3.05, 3.63) is 134 Å². The molecule has 0 aliphatic rings. The molecule has 0 heterocycles. The Morgan fingerprint density at radius 2 is 0.491 bits per heavy atom. The van der Waals surface area contributed by atoms with Gasteiger partial charge in [-0.1, -0.05) is 315 Å². The summed E-state index contributed by atoms with van der Waals surface area (Å²) in [5, 5.41) is 10.7. The van der Waals surface area contributed by atoms with E-state index in [9.17, 15) is 43.2 Å². The average Bonchev–Trinajstić information content (AvgIpc) is 0.887. The topological polar surface area (TPSA) is 237 Å². The van der Waals surface area contributed by atoms with E-state index in [1.54, 1.807) is 0 Å². The number of carbonyl (C=O) groups excluding carboxylic acids is 4. The third-order valence-corrected chi connectivity index (χ3v) is 19.5. The highest BCUT2D eigenvalue weighted by molar-refractivity contribution is 7.47. The van der Waals surface area contributed by atoms with Crippen LogP contribution in [0.15, 0.2) is 134 Å². The molecule has 5 atom stereocenters. The van der Waals surface area contributed by atoms with Crippen LogP contribution >= 0.6 is 15.6 Å². The maximum absolute atomic E-state index is 13.1. The predicted octanol–water partition coefficient (Wildman–Crippen LogP) is 25.2. The van der Waals surface area contributed by atoms with Crippen LogP contribution in [0, 0.1) is 0 Å². The number of aliphatic hydroxyl groups excluding tert-OH is 1. The quantitative estimate of drug-likeness (QED) is 0.0169. The molecule has 0 saturated carbocycles. The van der Waals surface area contributed by atoms with Gasteiger partial charge >= 0.3 is 39.5 Å². The van der Waals surface area contributed by atoms with Gasteiger partial charge in [-0.05, 0) is 141 Å². The molecule has 0 fully saturated rings. The van der Waals surface area contributed by atoms with Gasteiger partial charge in [0, 0.05) is 25.7 Å². The maximum atomic E-state index is 13.1. The van der Waals surface area contributed by atoms with E-state index in [0.717, 1.165) is 173 Å². The average molecular weight is 1560 g/mol. The van der Waals surface area contributed by atoms with Gasteiger partial charge in [0.1, 0.15) is 19.3 Å². The van der Waals surface area contributed by atoms with Crippen molar-refractivity contribution in [2.45, 2.75) is 367 Å². The summed E-state index contributed by atoms with van der Waals surface area (Å²) >= 11 is 0. The summed E-state index contributed by atoms with van der Waals surface area (Å²) < 4.78 is 68.7. The standard InChI is InChI=1S/C89H152O17P2/c1-5-9-13-17-21-25-29-33-36-39-41-44-47-51-54-58-62-66-70-74-87(92)100-80-85(106-89(94)76-72-68-64-60-56-52-48-45-42-40-37-34-30-26-22-18-14-10-6-2)82-104-108(97,98)102-78-83(90)77-101-107(95,96)103-81-84(105-88(93)75-71-67-63-59-55-49-32-28-24-20-16-12-8-4)79-99-86(91)73-69-65-61-57-53-50-46-43-38-35-31-27-23-19-15-11-7-3/h11,15,21-23,25-27,33-38,41-42,44-46,50,57,61,83-85,90H,5-10,12-14,16-20,24,28-32,39-40,43,47-49,51-56,58-60,62-82H2,1-4H3,(H,95,96)(H,97,98)/b15-11-,25-21-,26-22-,27-23-,36-33-,37-34-,38-35-,44-41-,45-42-,50-46-,61-57-. The molecule has 0 bridgehead atoms. The summed E-state index contributed by atoms with van der Waals surface area (Å²) in [6.07, 6.45) is 91.3. The Kier molecular flexibility index (Phi) is 76.7. The van der Waals surface area contributed by atoms with Gasteiger partial charge in [-0.3, -0.25) is 37.3 Å². The van der Waals surface area contributed by atoms with Gasteiger partial charge in [-0.2, -0.15) is 0 Å². The molecular weight excluding hydrogens is 1400 g/mol. The van der Waals surface area contributed by atoms with Gasteiger partial charge in [0.15, 0.2) is 12.2 Å². The Morgan fingerprint density at radius 3 is 0.796 bits per heavy atom. The lowest BCUT2D eigenvalue weighted by molar-refractivity contribution is -0.161. The molecule has 17 nitrogen and oxygen atoms in total. The maximum Gasteiger partial charge on any atom is 0.472 e. The summed E-state index contributed by atoms with van der Waals surface area (Å²) in [5.41, 5.74) is 0. The van der Waals surface area contributed by atoms with Crippen molar-refractivity contribution < 1.29 is 80.2 Å². The van der Waals surface area contributed by atoms with Crippen molar-refractivity contribution in [2.24, 2.45) is 0 Å². The molecule has 0 aromatic heterocycles. The van der Waals surface area contributed by atoms with Crippen LogP contribution in [0.3, 0.4) is 0 Å². The molecule has 0 rings (SSSR count). The second-order valence-corrected chi connectivity index (χ2v) is 30.9. The molecule has 3 N–H and O–H groups in total. The Labute approximate surface area is 656 Å². The summed E-state index contributed by atoms with van der Waals surface area (Å²) in [6.45, 7) is 4.65. The number of phosphoric ester groups is 2. The molecule has 0 aliphatic heterocycles. The summed E-state index contributed by atoms with van der Waals surface area (Å²) in [6, 6.07) is 0. The predicted molar refractivity (Wildman–Crippen MR) is 445 cm³/mol. The Hall–Kier alpha value is -4.80. The van der Waals surface area contributed by atoms with E-state index in [1.807, 2.05) is 12.2 Å². The molecule has 5 unspecified atom stereocenters. The first-order valence-electron chi connectivity index (χ1n) is 42.4. The van der Waals surface area contributed by atoms with Crippen LogP contribution in [0.4, 0.5) is 0 Å². The highest BCUT2D eigenvalue weighted by Crippen LogP contribution is 2.45. The van der Waals surface area contributed by atoms with Crippen molar-refractivity contribution in [2.75, 3.05) is 39.6 Å². The second-order valence-electron chi connectivity index (χ2n) is 28.0. The van der Waals surface area contributed by atoms with Gasteiger partial charge in [-0.15, -0.1) is 0 Å². The van der Waals surface area contributed by atoms with E-state index in [0.29, 0.717) is 32.1 Å². The zero-order valence-electron chi connectivity index (χ0n) is 68.0. The van der Waals surface area contributed by atoms with Gasteiger partial charge in [-0.25, -0.2) is 9.13 Å². The number of phosphoric acid groups is 2. The number of carbonyl (C=O) groups is 4. The van der Waals surface area contributed by atoms with Crippen LogP contribution in [-0.4, -0.2) is 96.7 Å². The highest BCUT2D eigenvalue weighted by Gasteiger charge is 2.30. The van der Waals surface area contributed by atoms with Gasteiger partial charge in [0.05, 0.1) is 26.4 Å². The lowest BCUT2D eigenvalue weighted by atomic mass is 10.0. The Bertz CT molecular complexity index is 2560. The smallest absolute Gasteiger partial charge is 0.462 e. The molecule has 0 spiro atoms. The zero-order valence-corrected chi connectivity index (χ0v) is 69.8. The molecular formula is C89H152O17P2. The molecule has 0 aliphatic carbocycles. The van der Waals surface area contributed by atoms with Gasteiger partial charge in [0.2, 0.25) is 0 Å². The lowest BCUT2D eigenvalue weighted by Crippen LogP contribution is -2.30. The first-order chi connectivity index (χ1) is 52.7. The molecule has 0 amide bonds. The third kappa shape index (κ3) is 79.3. The fraction of sp³-hybridized carbons (Fsp3) is 0.708. The minimum absolute atomic E-state index is 0.0739. The van der Waals surface area contributed by atoms with Crippen LogP contribution in [-0.2, 0) is 65.4 Å². The number of hydrogen-bond donors (Lipinski definition) is 3. The minimum atomic E-state index is -4.99. The fourth-order valence-electron chi connectivity index (χ4n) is 11.2. The van der Waals surface area contributed by atoms with Crippen LogP contribution < -0.4 is 0 Å². The van der Waals surface area contributed by atoms with E-state index in [2.05, 4.69) is 149 Å². The van der Waals surface area contributed by atoms with Crippen LogP contribution in [0.25, 0.3) is 0 Å². The molecule has 0 aromatic carbocycles. The number of esters is 4. The number of unbranched alkanes of at least 4 members (excludes halogenated alkanes) is 31. The number of hydrogen-bond acceptors (Lipinski definition) is 15. The molecule has 0 saturated heterocycles. The molecule has 0 radical (unpaired) electrons. The van der Waals surface area contributed by atoms with Crippen molar-refractivity contribution in [1.82, 2.24) is 0 Å². The van der Waals surface area contributed by atoms with Crippen LogP contribution in [0.1, 0.15) is 349 Å². The molecule has 0 aromatic rings. The number of ether oxygens (including phenoxy) is 4. The Balaban J connectivity index is 5.43. The first kappa shape index (κ1) is 103. The van der Waals surface area contributed by atoms with E-state index in [1.165, 1.54) is 89.9 Å². The zero-order chi connectivity index (χ0) is 78.9. The number of rotatable bonds is 79. The highest BCUT2D eigenvalue weighted by atomic mass is 31.2. The van der Waals surface area contributed by atoms with Crippen molar-refractivity contribution in [3.63, 3.8) is 0 Å². The van der Waals surface area contributed by atoms with Crippen molar-refractivity contribution in [1.29, 1.82) is 0 Å². The number of allylic oxidation sites excluding steroid dienone is 22. The summed E-state index contributed by atoms with van der Waals surface area (Å²) in [5.74, 6) is -2.26. The van der Waals surface area contributed by atoms with E-state index in [-0.39, 0.29) is 25.7 Å². The van der Waals surface area contributed by atoms with Crippen molar-refractivity contribution >= 4 is 39.5 Å².